The van der Waals surface area contributed by atoms with E-state index in [9.17, 15) is 9.90 Å². The highest BCUT2D eigenvalue weighted by molar-refractivity contribution is 6.29. The number of hydrogen-bond donors (Lipinski definition) is 2. The Bertz CT molecular complexity index is 588. The molecule has 0 unspecified atom stereocenters. The first-order valence-electron chi connectivity index (χ1n) is 8.53. The minimum absolute atomic E-state index is 0.0308. The number of nitrogens with two attached hydrogens (primary N) is 1. The number of nitrogen functional groups attached to an aromatic ring is 1. The summed E-state index contributed by atoms with van der Waals surface area (Å²) in [7, 11) is 0. The van der Waals surface area contributed by atoms with Gasteiger partial charge in [0.15, 0.2) is 0 Å². The van der Waals surface area contributed by atoms with Crippen LogP contribution in [0.25, 0.3) is 0 Å². The van der Waals surface area contributed by atoms with Crippen LogP contribution in [-0.4, -0.2) is 50.7 Å². The summed E-state index contributed by atoms with van der Waals surface area (Å²) in [5.41, 5.74) is 5.72. The van der Waals surface area contributed by atoms with Crippen LogP contribution >= 0.6 is 11.6 Å². The number of piperidine rings is 1. The number of nitrogens with zero attached hydrogens (tertiary/aromatic N) is 4. The van der Waals surface area contributed by atoms with Gasteiger partial charge in [0.05, 0.1) is 6.04 Å². The fourth-order valence-corrected chi connectivity index (χ4v) is 4.18. The van der Waals surface area contributed by atoms with Gasteiger partial charge in [0.25, 0.3) is 0 Å². The van der Waals surface area contributed by atoms with Crippen molar-refractivity contribution in [1.82, 2.24) is 14.9 Å². The molecule has 132 valence electrons. The van der Waals surface area contributed by atoms with Crippen LogP contribution in [0.15, 0.2) is 6.07 Å². The minimum atomic E-state index is -0.818. The number of carboxylic acid groups (broad SMARTS) is 1. The van der Waals surface area contributed by atoms with Gasteiger partial charge < -0.3 is 20.6 Å². The quantitative estimate of drug-likeness (QED) is 0.811. The van der Waals surface area contributed by atoms with E-state index in [0.29, 0.717) is 17.5 Å². The summed E-state index contributed by atoms with van der Waals surface area (Å²) in [5.74, 6) is 0.805. The maximum atomic E-state index is 11.9. The topological polar surface area (TPSA) is 95.6 Å². The Morgan fingerprint density at radius 1 is 1.29 bits per heavy atom. The second kappa shape index (κ2) is 7.01. The maximum absolute atomic E-state index is 11.9. The Balaban J connectivity index is 1.82. The first kappa shape index (κ1) is 17.1. The number of rotatable bonds is 3. The summed E-state index contributed by atoms with van der Waals surface area (Å²) in [6.45, 7) is 2.72. The molecular formula is C16H24ClN5O2. The van der Waals surface area contributed by atoms with Gasteiger partial charge in [-0.2, -0.15) is 4.98 Å². The zero-order valence-electron chi connectivity index (χ0n) is 13.9. The van der Waals surface area contributed by atoms with Crippen molar-refractivity contribution in [2.75, 3.05) is 17.2 Å². The van der Waals surface area contributed by atoms with E-state index in [2.05, 4.69) is 21.8 Å². The fourth-order valence-electron chi connectivity index (χ4n) is 4.00. The van der Waals surface area contributed by atoms with Gasteiger partial charge in [0.2, 0.25) is 5.95 Å². The second-order valence-corrected chi connectivity index (χ2v) is 7.15. The Kier molecular flexibility index (Phi) is 4.99. The lowest BCUT2D eigenvalue weighted by molar-refractivity contribution is 0.0901. The fraction of sp³-hybridized carbons (Fsp3) is 0.688. The molecule has 2 fully saturated rings. The molecule has 2 heterocycles. The van der Waals surface area contributed by atoms with Crippen molar-refractivity contribution >= 4 is 29.5 Å². The van der Waals surface area contributed by atoms with E-state index >= 15 is 0 Å². The first-order chi connectivity index (χ1) is 11.5. The molecule has 1 saturated heterocycles. The molecule has 0 spiro atoms. The molecule has 2 aliphatic rings. The third kappa shape index (κ3) is 3.50. The van der Waals surface area contributed by atoms with Gasteiger partial charge >= 0.3 is 6.09 Å². The highest BCUT2D eigenvalue weighted by Crippen LogP contribution is 2.32. The van der Waals surface area contributed by atoms with E-state index in [4.69, 9.17) is 17.3 Å². The summed E-state index contributed by atoms with van der Waals surface area (Å²) >= 11 is 6.01. The number of aromatic nitrogens is 2. The van der Waals surface area contributed by atoms with Crippen molar-refractivity contribution in [3.05, 3.63) is 11.2 Å². The molecule has 0 bridgehead atoms. The second-order valence-electron chi connectivity index (χ2n) is 6.77. The van der Waals surface area contributed by atoms with Gasteiger partial charge in [-0.15, -0.1) is 0 Å². The maximum Gasteiger partial charge on any atom is 0.407 e. The molecule has 1 saturated carbocycles. The summed E-state index contributed by atoms with van der Waals surface area (Å²) in [5, 5.41) is 10.0. The monoisotopic (exact) mass is 353 g/mol. The van der Waals surface area contributed by atoms with Crippen LogP contribution in [0.5, 0.6) is 0 Å². The molecule has 24 heavy (non-hydrogen) atoms. The lowest BCUT2D eigenvalue weighted by Crippen LogP contribution is -2.55. The van der Waals surface area contributed by atoms with Crippen LogP contribution in [0.1, 0.15) is 45.4 Å². The van der Waals surface area contributed by atoms with E-state index in [0.717, 1.165) is 38.5 Å². The van der Waals surface area contributed by atoms with Gasteiger partial charge in [0, 0.05) is 24.7 Å². The average Bonchev–Trinajstić information content (AvgIpc) is 3.01. The smallest absolute Gasteiger partial charge is 0.407 e. The van der Waals surface area contributed by atoms with Gasteiger partial charge in [-0.25, -0.2) is 9.78 Å². The summed E-state index contributed by atoms with van der Waals surface area (Å²) < 4.78 is 0. The number of amides is 1. The molecule has 2 atom stereocenters. The normalized spacial score (nSPS) is 25.0. The SMILES string of the molecule is C[C@@H]1CC[C@H](N(C(=O)O)C2CCCC2)CN1c1cc(Cl)nc(N)n1. The highest BCUT2D eigenvalue weighted by atomic mass is 35.5. The summed E-state index contributed by atoms with van der Waals surface area (Å²) in [6, 6.07) is 2.06. The predicted molar refractivity (Wildman–Crippen MR) is 93.4 cm³/mol. The van der Waals surface area contributed by atoms with E-state index < -0.39 is 6.09 Å². The molecule has 8 heteroatoms. The van der Waals surface area contributed by atoms with Crippen molar-refractivity contribution in [1.29, 1.82) is 0 Å². The molecule has 1 aromatic heterocycles. The van der Waals surface area contributed by atoms with E-state index in [1.54, 1.807) is 11.0 Å². The number of halogens is 1. The molecule has 1 aliphatic heterocycles. The minimum Gasteiger partial charge on any atom is -0.465 e. The largest absolute Gasteiger partial charge is 0.465 e. The average molecular weight is 354 g/mol. The van der Waals surface area contributed by atoms with Gasteiger partial charge in [-0.1, -0.05) is 24.4 Å². The third-order valence-corrected chi connectivity index (χ3v) is 5.38. The standard InChI is InChI=1S/C16H24ClN5O2/c1-10-6-7-12(22(16(23)24)11-4-2-3-5-11)9-21(10)14-8-13(17)19-15(18)20-14/h8,10-12H,2-7,9H2,1H3,(H,23,24)(H2,18,19,20)/t10-,12+/m1/s1. The Morgan fingerprint density at radius 2 is 2.00 bits per heavy atom. The summed E-state index contributed by atoms with van der Waals surface area (Å²) in [4.78, 5) is 23.8. The Labute approximate surface area is 146 Å². The van der Waals surface area contributed by atoms with Crippen molar-refractivity contribution < 1.29 is 9.90 Å². The lowest BCUT2D eigenvalue weighted by atomic mass is 9.96. The number of carbonyl (C=O) groups is 1. The predicted octanol–water partition coefficient (Wildman–Crippen LogP) is 2.99. The van der Waals surface area contributed by atoms with Crippen LogP contribution in [0.4, 0.5) is 16.6 Å². The van der Waals surface area contributed by atoms with Crippen LogP contribution in [-0.2, 0) is 0 Å². The first-order valence-corrected chi connectivity index (χ1v) is 8.91. The van der Waals surface area contributed by atoms with Gasteiger partial charge in [0.1, 0.15) is 11.0 Å². The molecule has 0 aromatic carbocycles. The molecule has 3 rings (SSSR count). The van der Waals surface area contributed by atoms with Gasteiger partial charge in [-0.3, -0.25) is 0 Å². The lowest BCUT2D eigenvalue weighted by Gasteiger charge is -2.44. The van der Waals surface area contributed by atoms with E-state index in [1.165, 1.54) is 0 Å². The molecule has 7 nitrogen and oxygen atoms in total. The van der Waals surface area contributed by atoms with Crippen LogP contribution < -0.4 is 10.6 Å². The Hall–Kier alpha value is -1.76. The van der Waals surface area contributed by atoms with Crippen LogP contribution in [0.2, 0.25) is 5.15 Å². The van der Waals surface area contributed by atoms with Gasteiger partial charge in [-0.05, 0) is 32.6 Å². The highest BCUT2D eigenvalue weighted by Gasteiger charge is 2.37. The van der Waals surface area contributed by atoms with Crippen molar-refractivity contribution in [2.24, 2.45) is 0 Å². The third-order valence-electron chi connectivity index (χ3n) is 5.18. The van der Waals surface area contributed by atoms with Crippen molar-refractivity contribution in [3.8, 4) is 0 Å². The van der Waals surface area contributed by atoms with Crippen LogP contribution in [0, 0.1) is 0 Å². The number of anilines is 2. The molecule has 3 N–H and O–H groups in total. The molecule has 1 amide bonds. The zero-order valence-corrected chi connectivity index (χ0v) is 14.6. The molecule has 0 radical (unpaired) electrons. The van der Waals surface area contributed by atoms with Crippen molar-refractivity contribution in [3.63, 3.8) is 0 Å². The van der Waals surface area contributed by atoms with E-state index in [-0.39, 0.29) is 24.1 Å². The van der Waals surface area contributed by atoms with E-state index in [1.807, 2.05) is 0 Å². The number of hydrogen-bond acceptors (Lipinski definition) is 5. The molecule has 1 aliphatic carbocycles. The molecule has 1 aromatic rings. The van der Waals surface area contributed by atoms with Crippen molar-refractivity contribution in [2.45, 2.75) is 63.6 Å². The Morgan fingerprint density at radius 3 is 2.62 bits per heavy atom. The molecular weight excluding hydrogens is 330 g/mol. The summed E-state index contributed by atoms with van der Waals surface area (Å²) in [6.07, 6.45) is 5.10. The zero-order chi connectivity index (χ0) is 17.3. The van der Waals surface area contributed by atoms with Crippen LogP contribution in [0.3, 0.4) is 0 Å².